The smallest absolute Gasteiger partial charge is 0.302 e. The van der Waals surface area contributed by atoms with Crippen molar-refractivity contribution in [1.82, 2.24) is 0 Å². The number of carbonyl (C=O) groups is 1. The second-order valence-corrected chi connectivity index (χ2v) is 15.1. The van der Waals surface area contributed by atoms with Gasteiger partial charge in [0.1, 0.15) is 24.3 Å². The molecule has 0 unspecified atom stereocenters. The van der Waals surface area contributed by atoms with Crippen molar-refractivity contribution in [2.24, 2.45) is 0 Å². The first-order valence-corrected chi connectivity index (χ1v) is 15.1. The van der Waals surface area contributed by atoms with Gasteiger partial charge in [-0.1, -0.05) is 81.4 Å². The molecule has 0 aliphatic carbocycles. The van der Waals surface area contributed by atoms with Crippen molar-refractivity contribution in [3.63, 3.8) is 0 Å². The van der Waals surface area contributed by atoms with Gasteiger partial charge >= 0.3 is 5.97 Å². The maximum absolute atomic E-state index is 13.2. The molecule has 3 aromatic carbocycles. The summed E-state index contributed by atoms with van der Waals surface area (Å²) in [4.78, 5) is 11.8. The van der Waals surface area contributed by atoms with E-state index in [0.717, 1.165) is 0 Å². The molecule has 202 valence electrons. The Kier molecular flexibility index (Phi) is 9.02. The largest absolute Gasteiger partial charge is 0.491 e. The molecule has 1 heterocycles. The normalized spacial score (nSPS) is 19.8. The number of esters is 1. The number of ether oxygens (including phenoxy) is 3. The molecule has 1 saturated heterocycles. The molecule has 0 spiro atoms. The van der Waals surface area contributed by atoms with E-state index in [1.165, 1.54) is 29.4 Å². The summed E-state index contributed by atoms with van der Waals surface area (Å²) in [5.74, 6) is -0.0838. The first-order valence-electron chi connectivity index (χ1n) is 13.1. The van der Waals surface area contributed by atoms with Crippen LogP contribution in [-0.2, 0) is 18.7 Å². The van der Waals surface area contributed by atoms with Gasteiger partial charge in [-0.3, -0.25) is 4.79 Å². The van der Waals surface area contributed by atoms with Crippen LogP contribution in [-0.4, -0.2) is 45.8 Å². The summed E-state index contributed by atoms with van der Waals surface area (Å²) in [7, 11) is -2.67. The Bertz CT molecular complexity index is 1120. The lowest BCUT2D eigenvalue weighted by atomic mass is 10.1. The van der Waals surface area contributed by atoms with Gasteiger partial charge in [0.25, 0.3) is 8.32 Å². The zero-order chi connectivity index (χ0) is 27.2. The number of carbonyl (C=O) groups excluding carboxylic acids is 1. The first-order chi connectivity index (χ1) is 18.2. The van der Waals surface area contributed by atoms with Crippen LogP contribution in [0.2, 0.25) is 5.04 Å². The molecule has 4 rings (SSSR count). The van der Waals surface area contributed by atoms with Crippen LogP contribution >= 0.6 is 0 Å². The molecule has 5 nitrogen and oxygen atoms in total. The molecule has 0 radical (unpaired) electrons. The molecule has 0 bridgehead atoms. The van der Waals surface area contributed by atoms with Crippen molar-refractivity contribution in [3.8, 4) is 5.75 Å². The Hall–Kier alpha value is -3.00. The van der Waals surface area contributed by atoms with Gasteiger partial charge in [0.15, 0.2) is 0 Å². The van der Waals surface area contributed by atoms with Gasteiger partial charge in [0.2, 0.25) is 0 Å². The molecule has 3 atom stereocenters. The summed E-state index contributed by atoms with van der Waals surface area (Å²) in [6, 6.07) is 26.9. The maximum atomic E-state index is 13.2. The van der Waals surface area contributed by atoms with Crippen LogP contribution < -0.4 is 15.1 Å². The lowest BCUT2D eigenvalue weighted by Crippen LogP contribution is -2.66. The van der Waals surface area contributed by atoms with Gasteiger partial charge in [0, 0.05) is 20.0 Å². The minimum absolute atomic E-state index is 0.132. The number of halogens is 1. The highest BCUT2D eigenvalue weighted by molar-refractivity contribution is 6.99. The standard InChI is InChI=1S/C31H37FO5Si/c1-23(33)36-30-21-26(22-34-25-17-15-24(32)16-18-25)37-29(30)19-20-35-38(31(2,3)4,27-11-7-5-8-12-27)28-13-9-6-10-14-28/h5-18,26,29-30H,19-22H2,1-4H3/t26-,29+,30+/m0/s1. The van der Waals surface area contributed by atoms with Gasteiger partial charge < -0.3 is 18.6 Å². The summed E-state index contributed by atoms with van der Waals surface area (Å²) in [5, 5.41) is 2.30. The quantitative estimate of drug-likeness (QED) is 0.261. The Labute approximate surface area is 226 Å². The third-order valence-corrected chi connectivity index (χ3v) is 12.0. The van der Waals surface area contributed by atoms with Crippen LogP contribution in [0.5, 0.6) is 5.75 Å². The Morgan fingerprint density at radius 2 is 1.53 bits per heavy atom. The SMILES string of the molecule is CC(=O)O[C@@H]1C[C@@H](COc2ccc(F)cc2)O[C@@H]1CCO[Si](c1ccccc1)(c1ccccc1)C(C)(C)C. The van der Waals surface area contributed by atoms with Crippen LogP contribution in [0.4, 0.5) is 4.39 Å². The number of rotatable bonds is 10. The highest BCUT2D eigenvalue weighted by Crippen LogP contribution is 2.37. The predicted octanol–water partition coefficient (Wildman–Crippen LogP) is 5.26. The van der Waals surface area contributed by atoms with Gasteiger partial charge in [-0.15, -0.1) is 0 Å². The molecule has 1 aliphatic rings. The molecule has 7 heteroatoms. The first kappa shape index (κ1) is 28.0. The van der Waals surface area contributed by atoms with E-state index in [-0.39, 0.29) is 41.7 Å². The van der Waals surface area contributed by atoms with E-state index in [0.29, 0.717) is 25.2 Å². The van der Waals surface area contributed by atoms with Gasteiger partial charge in [-0.2, -0.15) is 0 Å². The molecule has 3 aromatic rings. The van der Waals surface area contributed by atoms with Crippen molar-refractivity contribution in [2.75, 3.05) is 13.2 Å². The molecular weight excluding hydrogens is 499 g/mol. The average molecular weight is 537 g/mol. The van der Waals surface area contributed by atoms with E-state index >= 15 is 0 Å². The number of hydrogen-bond donors (Lipinski definition) is 0. The fourth-order valence-electron chi connectivity index (χ4n) is 5.31. The molecule has 0 N–H and O–H groups in total. The van der Waals surface area contributed by atoms with E-state index in [1.54, 1.807) is 12.1 Å². The van der Waals surface area contributed by atoms with Gasteiger partial charge in [-0.05, 0) is 46.1 Å². The second-order valence-electron chi connectivity index (χ2n) is 10.7. The minimum Gasteiger partial charge on any atom is -0.491 e. The Morgan fingerprint density at radius 1 is 0.947 bits per heavy atom. The van der Waals surface area contributed by atoms with Crippen LogP contribution in [0.15, 0.2) is 84.9 Å². The Morgan fingerprint density at radius 3 is 2.05 bits per heavy atom. The zero-order valence-corrected chi connectivity index (χ0v) is 23.6. The average Bonchev–Trinajstić information content (AvgIpc) is 3.27. The lowest BCUT2D eigenvalue weighted by Gasteiger charge is -2.43. The lowest BCUT2D eigenvalue weighted by molar-refractivity contribution is -0.149. The predicted molar refractivity (Wildman–Crippen MR) is 149 cm³/mol. The molecule has 1 aliphatic heterocycles. The second kappa shape index (κ2) is 12.2. The van der Waals surface area contributed by atoms with Crippen molar-refractivity contribution in [2.45, 2.75) is 63.9 Å². The highest BCUT2D eigenvalue weighted by Gasteiger charge is 2.50. The third-order valence-electron chi connectivity index (χ3n) is 6.98. The Balaban J connectivity index is 1.49. The fourth-order valence-corrected chi connectivity index (χ4v) is 9.89. The van der Waals surface area contributed by atoms with Crippen LogP contribution in [0.3, 0.4) is 0 Å². The summed E-state index contributed by atoms with van der Waals surface area (Å²) >= 11 is 0. The van der Waals surface area contributed by atoms with Gasteiger partial charge in [0.05, 0.1) is 12.2 Å². The molecule has 0 saturated carbocycles. The van der Waals surface area contributed by atoms with E-state index in [1.807, 2.05) is 12.1 Å². The zero-order valence-electron chi connectivity index (χ0n) is 22.6. The van der Waals surface area contributed by atoms with E-state index in [2.05, 4.69) is 69.3 Å². The molecule has 0 aromatic heterocycles. The van der Waals surface area contributed by atoms with E-state index in [4.69, 9.17) is 18.6 Å². The number of hydrogen-bond acceptors (Lipinski definition) is 5. The summed E-state index contributed by atoms with van der Waals surface area (Å²) in [6.07, 6.45) is 0.179. The van der Waals surface area contributed by atoms with E-state index in [9.17, 15) is 9.18 Å². The molecule has 0 amide bonds. The topological polar surface area (TPSA) is 54.0 Å². The van der Waals surface area contributed by atoms with Crippen molar-refractivity contribution < 1.29 is 27.8 Å². The van der Waals surface area contributed by atoms with Crippen molar-refractivity contribution in [3.05, 3.63) is 90.7 Å². The van der Waals surface area contributed by atoms with Crippen LogP contribution in [0, 0.1) is 5.82 Å². The fraction of sp³-hybridized carbons (Fsp3) is 0.387. The van der Waals surface area contributed by atoms with Crippen molar-refractivity contribution >= 4 is 24.7 Å². The van der Waals surface area contributed by atoms with Crippen LogP contribution in [0.1, 0.15) is 40.5 Å². The third kappa shape index (κ3) is 6.52. The summed E-state index contributed by atoms with van der Waals surface area (Å²) in [6.45, 7) is 8.90. The van der Waals surface area contributed by atoms with E-state index < -0.39 is 8.32 Å². The van der Waals surface area contributed by atoms with Crippen molar-refractivity contribution in [1.29, 1.82) is 0 Å². The van der Waals surface area contributed by atoms with Gasteiger partial charge in [-0.25, -0.2) is 4.39 Å². The van der Waals surface area contributed by atoms with Crippen LogP contribution in [0.25, 0.3) is 0 Å². The monoisotopic (exact) mass is 536 g/mol. The summed E-state index contributed by atoms with van der Waals surface area (Å²) < 4.78 is 37.9. The molecule has 1 fully saturated rings. The maximum Gasteiger partial charge on any atom is 0.302 e. The minimum atomic E-state index is -2.67. The molecular formula is C31H37FO5Si. The summed E-state index contributed by atoms with van der Waals surface area (Å²) in [5.41, 5.74) is 0. The number of benzene rings is 3. The molecule has 38 heavy (non-hydrogen) atoms. The highest BCUT2D eigenvalue weighted by atomic mass is 28.4.